The van der Waals surface area contributed by atoms with Crippen LogP contribution in [0, 0.1) is 5.82 Å². The molecule has 1 aliphatic carbocycles. The minimum Gasteiger partial charge on any atom is -0.462 e. The molecule has 1 aromatic heterocycles. The Bertz CT molecular complexity index is 703. The van der Waals surface area contributed by atoms with Crippen LogP contribution in [0.25, 0.3) is 10.6 Å². The molecular weight excluding hydrogens is 329 g/mol. The van der Waals surface area contributed by atoms with Crippen molar-refractivity contribution in [3.8, 4) is 10.6 Å². The minimum atomic E-state index is -0.298. The van der Waals surface area contributed by atoms with E-state index in [2.05, 4.69) is 4.98 Å². The molecule has 0 saturated heterocycles. The summed E-state index contributed by atoms with van der Waals surface area (Å²) in [6.45, 7) is 0. The molecule has 2 atom stereocenters. The Balaban J connectivity index is 1.57. The van der Waals surface area contributed by atoms with E-state index in [4.69, 9.17) is 9.47 Å². The first kappa shape index (κ1) is 17.0. The molecule has 1 heterocycles. The Morgan fingerprint density at radius 3 is 3.00 bits per heavy atom. The second-order valence-electron chi connectivity index (χ2n) is 5.97. The third-order valence-electron chi connectivity index (χ3n) is 4.16. The number of thiazole rings is 1. The van der Waals surface area contributed by atoms with Crippen LogP contribution in [0.2, 0.25) is 0 Å². The number of hydrogen-bond acceptors (Lipinski definition) is 5. The van der Waals surface area contributed by atoms with Crippen molar-refractivity contribution in [2.45, 2.75) is 44.3 Å². The lowest BCUT2D eigenvalue weighted by Crippen LogP contribution is -2.29. The molecule has 6 heteroatoms. The van der Waals surface area contributed by atoms with Crippen molar-refractivity contribution in [3.05, 3.63) is 41.2 Å². The molecule has 0 unspecified atom stereocenters. The molecule has 3 rings (SSSR count). The number of benzene rings is 1. The average Bonchev–Trinajstić information content (AvgIpc) is 3.03. The molecule has 128 valence electrons. The van der Waals surface area contributed by atoms with E-state index in [9.17, 15) is 9.18 Å². The Hall–Kier alpha value is -1.79. The number of aromatic nitrogens is 1. The lowest BCUT2D eigenvalue weighted by molar-refractivity contribution is -0.151. The fourth-order valence-corrected chi connectivity index (χ4v) is 3.76. The van der Waals surface area contributed by atoms with E-state index in [0.717, 1.165) is 31.2 Å². The van der Waals surface area contributed by atoms with Gasteiger partial charge in [0.25, 0.3) is 0 Å². The van der Waals surface area contributed by atoms with Crippen LogP contribution in [-0.2, 0) is 20.7 Å². The predicted octanol–water partition coefficient (Wildman–Crippen LogP) is 3.99. The average molecular weight is 349 g/mol. The summed E-state index contributed by atoms with van der Waals surface area (Å²) >= 11 is 1.40. The summed E-state index contributed by atoms with van der Waals surface area (Å²) in [5.74, 6) is -0.568. The van der Waals surface area contributed by atoms with Crippen molar-refractivity contribution in [2.24, 2.45) is 0 Å². The molecule has 0 amide bonds. The van der Waals surface area contributed by atoms with Gasteiger partial charge in [0.1, 0.15) is 16.9 Å². The second-order valence-corrected chi connectivity index (χ2v) is 6.83. The van der Waals surface area contributed by atoms with Gasteiger partial charge in [-0.3, -0.25) is 4.79 Å². The van der Waals surface area contributed by atoms with Crippen molar-refractivity contribution < 1.29 is 18.7 Å². The predicted molar refractivity (Wildman–Crippen MR) is 90.4 cm³/mol. The lowest BCUT2D eigenvalue weighted by atomic mass is 9.95. The molecular formula is C18H20FNO3S. The summed E-state index contributed by atoms with van der Waals surface area (Å²) in [7, 11) is 1.69. The quantitative estimate of drug-likeness (QED) is 0.766. The van der Waals surface area contributed by atoms with E-state index in [1.54, 1.807) is 19.2 Å². The van der Waals surface area contributed by atoms with Gasteiger partial charge in [-0.1, -0.05) is 12.1 Å². The zero-order valence-electron chi connectivity index (χ0n) is 13.5. The minimum absolute atomic E-state index is 0.0717. The second kappa shape index (κ2) is 7.85. The van der Waals surface area contributed by atoms with Crippen LogP contribution < -0.4 is 0 Å². The highest BCUT2D eigenvalue weighted by molar-refractivity contribution is 7.13. The maximum Gasteiger partial charge on any atom is 0.312 e. The first-order valence-corrected chi connectivity index (χ1v) is 8.94. The Morgan fingerprint density at radius 2 is 2.21 bits per heavy atom. The van der Waals surface area contributed by atoms with E-state index in [-0.39, 0.29) is 30.4 Å². The number of carbonyl (C=O) groups is 1. The molecule has 0 radical (unpaired) electrons. The SMILES string of the molecule is CO[C@H]1CCC[C@H](OC(=O)Cc2csc(-c3cccc(F)c3)n2)C1. The van der Waals surface area contributed by atoms with Gasteiger partial charge in [-0.15, -0.1) is 11.3 Å². The molecule has 4 nitrogen and oxygen atoms in total. The van der Waals surface area contributed by atoms with Crippen molar-refractivity contribution >= 4 is 17.3 Å². The van der Waals surface area contributed by atoms with Crippen LogP contribution in [0.1, 0.15) is 31.4 Å². The standard InChI is InChI=1S/C18H20FNO3S/c1-22-15-6-3-7-16(10-15)23-17(21)9-14-11-24-18(20-14)12-4-2-5-13(19)8-12/h2,4-5,8,11,15-16H,3,6-7,9-10H2,1H3/t15-,16-/m0/s1. The number of methoxy groups -OCH3 is 1. The number of rotatable bonds is 5. The van der Waals surface area contributed by atoms with Gasteiger partial charge < -0.3 is 9.47 Å². The summed E-state index contributed by atoms with van der Waals surface area (Å²) in [5.41, 5.74) is 1.37. The molecule has 0 bridgehead atoms. The summed E-state index contributed by atoms with van der Waals surface area (Å²) in [4.78, 5) is 16.5. The topological polar surface area (TPSA) is 48.4 Å². The molecule has 24 heavy (non-hydrogen) atoms. The van der Waals surface area contributed by atoms with Gasteiger partial charge in [-0.05, 0) is 31.4 Å². The monoisotopic (exact) mass is 349 g/mol. The summed E-state index contributed by atoms with van der Waals surface area (Å²) in [5, 5.41) is 2.52. The fourth-order valence-electron chi connectivity index (χ4n) is 2.94. The van der Waals surface area contributed by atoms with Crippen LogP contribution in [0.3, 0.4) is 0 Å². The highest BCUT2D eigenvalue weighted by Crippen LogP contribution is 2.26. The van der Waals surface area contributed by atoms with Crippen LogP contribution >= 0.6 is 11.3 Å². The largest absolute Gasteiger partial charge is 0.462 e. The zero-order valence-corrected chi connectivity index (χ0v) is 14.4. The Morgan fingerprint density at radius 1 is 1.38 bits per heavy atom. The van der Waals surface area contributed by atoms with Crippen LogP contribution in [0.4, 0.5) is 4.39 Å². The first-order chi connectivity index (χ1) is 11.6. The fraction of sp³-hybridized carbons (Fsp3) is 0.444. The number of nitrogens with zero attached hydrogens (tertiary/aromatic N) is 1. The van der Waals surface area contributed by atoms with E-state index < -0.39 is 0 Å². The van der Waals surface area contributed by atoms with Crippen molar-refractivity contribution in [1.82, 2.24) is 4.98 Å². The first-order valence-electron chi connectivity index (χ1n) is 8.06. The van der Waals surface area contributed by atoms with Gasteiger partial charge >= 0.3 is 5.97 Å². The Kier molecular flexibility index (Phi) is 5.58. The zero-order chi connectivity index (χ0) is 16.9. The maximum atomic E-state index is 13.3. The van der Waals surface area contributed by atoms with Crippen molar-refractivity contribution in [1.29, 1.82) is 0 Å². The van der Waals surface area contributed by atoms with E-state index in [1.165, 1.54) is 23.5 Å². The van der Waals surface area contributed by atoms with Gasteiger partial charge in [0, 0.05) is 24.5 Å². The van der Waals surface area contributed by atoms with Crippen molar-refractivity contribution in [2.75, 3.05) is 7.11 Å². The third kappa shape index (κ3) is 4.39. The number of carbonyl (C=O) groups excluding carboxylic acids is 1. The van der Waals surface area contributed by atoms with Gasteiger partial charge in [0.2, 0.25) is 0 Å². The van der Waals surface area contributed by atoms with Gasteiger partial charge in [0.05, 0.1) is 18.2 Å². The number of halogens is 1. The van der Waals surface area contributed by atoms with E-state index >= 15 is 0 Å². The Labute approximate surface area is 144 Å². The van der Waals surface area contributed by atoms with Crippen LogP contribution in [-0.4, -0.2) is 30.3 Å². The van der Waals surface area contributed by atoms with Gasteiger partial charge in [0.15, 0.2) is 0 Å². The smallest absolute Gasteiger partial charge is 0.312 e. The van der Waals surface area contributed by atoms with E-state index in [0.29, 0.717) is 10.7 Å². The van der Waals surface area contributed by atoms with Crippen molar-refractivity contribution in [3.63, 3.8) is 0 Å². The molecule has 1 aromatic carbocycles. The lowest BCUT2D eigenvalue weighted by Gasteiger charge is -2.27. The highest BCUT2D eigenvalue weighted by atomic mass is 32.1. The molecule has 0 N–H and O–H groups in total. The van der Waals surface area contributed by atoms with Crippen LogP contribution in [0.15, 0.2) is 29.6 Å². The molecule has 1 fully saturated rings. The maximum absolute atomic E-state index is 13.3. The molecule has 1 saturated carbocycles. The molecule has 1 aliphatic rings. The normalized spacial score (nSPS) is 20.8. The number of ether oxygens (including phenoxy) is 2. The summed E-state index contributed by atoms with van der Waals surface area (Å²) < 4.78 is 24.2. The number of esters is 1. The highest BCUT2D eigenvalue weighted by Gasteiger charge is 2.25. The third-order valence-corrected chi connectivity index (χ3v) is 5.10. The van der Waals surface area contributed by atoms with Gasteiger partial charge in [-0.25, -0.2) is 9.37 Å². The van der Waals surface area contributed by atoms with E-state index in [1.807, 2.05) is 5.38 Å². The summed E-state index contributed by atoms with van der Waals surface area (Å²) in [6, 6.07) is 6.28. The van der Waals surface area contributed by atoms with Gasteiger partial charge in [-0.2, -0.15) is 0 Å². The van der Waals surface area contributed by atoms with Crippen LogP contribution in [0.5, 0.6) is 0 Å². The molecule has 2 aromatic rings. The summed E-state index contributed by atoms with van der Waals surface area (Å²) in [6.07, 6.45) is 3.92. The molecule has 0 spiro atoms. The number of hydrogen-bond donors (Lipinski definition) is 0. The molecule has 0 aliphatic heterocycles.